The maximum Gasteiger partial charge on any atom is 0.186 e. The van der Waals surface area contributed by atoms with Gasteiger partial charge in [-0.15, -0.1) is 6.58 Å². The molecule has 5 nitrogen and oxygen atoms in total. The van der Waals surface area contributed by atoms with Crippen LogP contribution in [-0.2, 0) is 25.6 Å². The van der Waals surface area contributed by atoms with E-state index < -0.39 is 30.7 Å². The van der Waals surface area contributed by atoms with Crippen LogP contribution >= 0.6 is 0 Å². The minimum Gasteiger partial charge on any atom is -0.388 e. The molecule has 22 heavy (non-hydrogen) atoms. The third-order valence-corrected chi connectivity index (χ3v) is 3.68. The van der Waals surface area contributed by atoms with Gasteiger partial charge >= 0.3 is 0 Å². The van der Waals surface area contributed by atoms with Crippen molar-refractivity contribution in [3.8, 4) is 0 Å². The van der Waals surface area contributed by atoms with Crippen LogP contribution in [-0.4, -0.2) is 49.5 Å². The molecule has 1 N–H and O–H groups in total. The van der Waals surface area contributed by atoms with Crippen molar-refractivity contribution in [1.82, 2.24) is 0 Å². The van der Waals surface area contributed by atoms with E-state index in [2.05, 4.69) is 6.58 Å². The first-order valence-corrected chi connectivity index (χ1v) is 7.41. The SMILES string of the molecule is C=CCO[C@@H]1[C@H](OC)O[C@@H](C)[C@@H](O)[C@H]1OCc1ccccc1. The van der Waals surface area contributed by atoms with Crippen molar-refractivity contribution in [3.05, 3.63) is 48.6 Å². The Labute approximate surface area is 131 Å². The molecule has 1 saturated heterocycles. The highest BCUT2D eigenvalue weighted by Gasteiger charge is 2.45. The van der Waals surface area contributed by atoms with Gasteiger partial charge in [-0.2, -0.15) is 0 Å². The molecule has 0 unspecified atom stereocenters. The van der Waals surface area contributed by atoms with E-state index in [0.29, 0.717) is 13.2 Å². The smallest absolute Gasteiger partial charge is 0.186 e. The molecule has 1 aliphatic rings. The zero-order chi connectivity index (χ0) is 15.9. The summed E-state index contributed by atoms with van der Waals surface area (Å²) in [6.07, 6.45) is -1.17. The second kappa shape index (κ2) is 8.41. The second-order valence-electron chi connectivity index (χ2n) is 5.28. The van der Waals surface area contributed by atoms with Gasteiger partial charge in [0.1, 0.15) is 18.3 Å². The number of rotatable bonds is 7. The molecule has 5 atom stereocenters. The van der Waals surface area contributed by atoms with Gasteiger partial charge in [-0.05, 0) is 12.5 Å². The van der Waals surface area contributed by atoms with Gasteiger partial charge < -0.3 is 24.1 Å². The lowest BCUT2D eigenvalue weighted by Gasteiger charge is -2.42. The van der Waals surface area contributed by atoms with E-state index in [4.69, 9.17) is 18.9 Å². The number of methoxy groups -OCH3 is 1. The summed E-state index contributed by atoms with van der Waals surface area (Å²) in [6, 6.07) is 9.80. The van der Waals surface area contributed by atoms with Crippen LogP contribution in [0.5, 0.6) is 0 Å². The zero-order valence-corrected chi connectivity index (χ0v) is 13.1. The van der Waals surface area contributed by atoms with Crippen LogP contribution in [0.25, 0.3) is 0 Å². The van der Waals surface area contributed by atoms with Gasteiger partial charge in [0.2, 0.25) is 0 Å². The molecule has 1 aliphatic heterocycles. The lowest BCUT2D eigenvalue weighted by Crippen LogP contribution is -2.59. The summed E-state index contributed by atoms with van der Waals surface area (Å²) in [7, 11) is 1.55. The average molecular weight is 308 g/mol. The van der Waals surface area contributed by atoms with Crippen LogP contribution in [0, 0.1) is 0 Å². The van der Waals surface area contributed by atoms with Crippen molar-refractivity contribution in [2.45, 2.75) is 44.2 Å². The van der Waals surface area contributed by atoms with E-state index in [1.165, 1.54) is 0 Å². The standard InChI is InChI=1S/C17H24O5/c1-4-10-20-16-15(14(18)12(2)22-17(16)19-3)21-11-13-8-6-5-7-9-13/h4-9,12,14-18H,1,10-11H2,2-3H3/t12-,14+,15+,16-,17+/m0/s1. The Bertz CT molecular complexity index is 450. The predicted octanol–water partition coefficient (Wildman–Crippen LogP) is 1.90. The summed E-state index contributed by atoms with van der Waals surface area (Å²) < 4.78 is 22.6. The molecule has 1 fully saturated rings. The highest BCUT2D eigenvalue weighted by molar-refractivity contribution is 5.13. The molecule has 2 rings (SSSR count). The van der Waals surface area contributed by atoms with Crippen LogP contribution in [0.15, 0.2) is 43.0 Å². The topological polar surface area (TPSA) is 57.2 Å². The second-order valence-corrected chi connectivity index (χ2v) is 5.28. The number of ether oxygens (including phenoxy) is 4. The number of hydrogen-bond donors (Lipinski definition) is 1. The molecule has 0 amide bonds. The van der Waals surface area contributed by atoms with Gasteiger partial charge in [-0.25, -0.2) is 0 Å². The van der Waals surface area contributed by atoms with E-state index in [9.17, 15) is 5.11 Å². The molecule has 0 aliphatic carbocycles. The molecule has 0 saturated carbocycles. The number of aliphatic hydroxyl groups is 1. The van der Waals surface area contributed by atoms with Crippen molar-refractivity contribution < 1.29 is 24.1 Å². The molecule has 1 aromatic rings. The Hall–Kier alpha value is -1.24. The van der Waals surface area contributed by atoms with Crippen LogP contribution < -0.4 is 0 Å². The van der Waals surface area contributed by atoms with Gasteiger partial charge in [0.15, 0.2) is 6.29 Å². The largest absolute Gasteiger partial charge is 0.388 e. The maximum atomic E-state index is 10.4. The molecule has 5 heteroatoms. The molecule has 122 valence electrons. The molecule has 0 radical (unpaired) electrons. The quantitative estimate of drug-likeness (QED) is 0.780. The van der Waals surface area contributed by atoms with E-state index in [1.54, 1.807) is 20.1 Å². The normalized spacial score (nSPS) is 31.9. The third-order valence-electron chi connectivity index (χ3n) is 3.68. The van der Waals surface area contributed by atoms with Gasteiger partial charge in [0, 0.05) is 7.11 Å². The van der Waals surface area contributed by atoms with Crippen LogP contribution in [0.2, 0.25) is 0 Å². The Morgan fingerprint density at radius 3 is 2.59 bits per heavy atom. The Balaban J connectivity index is 2.08. The van der Waals surface area contributed by atoms with E-state index in [1.807, 2.05) is 30.3 Å². The van der Waals surface area contributed by atoms with Crippen molar-refractivity contribution in [2.75, 3.05) is 13.7 Å². The first-order valence-electron chi connectivity index (χ1n) is 7.41. The van der Waals surface area contributed by atoms with Crippen molar-refractivity contribution in [3.63, 3.8) is 0 Å². The minimum absolute atomic E-state index is 0.334. The van der Waals surface area contributed by atoms with Crippen LogP contribution in [0.3, 0.4) is 0 Å². The molecule has 0 bridgehead atoms. The van der Waals surface area contributed by atoms with Crippen molar-refractivity contribution >= 4 is 0 Å². The number of benzene rings is 1. The summed E-state index contributed by atoms with van der Waals surface area (Å²) in [5, 5.41) is 10.4. The number of hydrogen-bond acceptors (Lipinski definition) is 5. The summed E-state index contributed by atoms with van der Waals surface area (Å²) in [6.45, 7) is 6.15. The first kappa shape index (κ1) is 17.1. The lowest BCUT2D eigenvalue weighted by molar-refractivity contribution is -0.303. The summed E-state index contributed by atoms with van der Waals surface area (Å²) in [5.74, 6) is 0. The van der Waals surface area contributed by atoms with E-state index in [0.717, 1.165) is 5.56 Å². The van der Waals surface area contributed by atoms with Gasteiger partial charge in [0.05, 0.1) is 19.3 Å². The molecular weight excluding hydrogens is 284 g/mol. The van der Waals surface area contributed by atoms with Crippen molar-refractivity contribution in [1.29, 1.82) is 0 Å². The molecule has 0 aromatic heterocycles. The Morgan fingerprint density at radius 1 is 1.23 bits per heavy atom. The monoisotopic (exact) mass is 308 g/mol. The molecule has 1 aromatic carbocycles. The average Bonchev–Trinajstić information content (AvgIpc) is 2.55. The fourth-order valence-corrected chi connectivity index (χ4v) is 2.49. The van der Waals surface area contributed by atoms with Gasteiger partial charge in [0.25, 0.3) is 0 Å². The van der Waals surface area contributed by atoms with Gasteiger partial charge in [-0.1, -0.05) is 36.4 Å². The number of aliphatic hydroxyl groups excluding tert-OH is 1. The van der Waals surface area contributed by atoms with Gasteiger partial charge in [-0.3, -0.25) is 0 Å². The predicted molar refractivity (Wildman–Crippen MR) is 82.3 cm³/mol. The minimum atomic E-state index is -0.787. The summed E-state index contributed by atoms with van der Waals surface area (Å²) >= 11 is 0. The van der Waals surface area contributed by atoms with E-state index >= 15 is 0 Å². The highest BCUT2D eigenvalue weighted by Crippen LogP contribution is 2.27. The highest BCUT2D eigenvalue weighted by atomic mass is 16.7. The van der Waals surface area contributed by atoms with Crippen LogP contribution in [0.1, 0.15) is 12.5 Å². The maximum absolute atomic E-state index is 10.4. The van der Waals surface area contributed by atoms with Crippen LogP contribution in [0.4, 0.5) is 0 Å². The van der Waals surface area contributed by atoms with E-state index in [-0.39, 0.29) is 0 Å². The third kappa shape index (κ3) is 4.15. The zero-order valence-electron chi connectivity index (χ0n) is 13.1. The molecular formula is C17H24O5. The Kier molecular flexibility index (Phi) is 6.54. The molecule has 0 spiro atoms. The summed E-state index contributed by atoms with van der Waals surface area (Å²) in [5.41, 5.74) is 1.03. The fourth-order valence-electron chi connectivity index (χ4n) is 2.49. The first-order chi connectivity index (χ1) is 10.7. The summed E-state index contributed by atoms with van der Waals surface area (Å²) in [4.78, 5) is 0. The van der Waals surface area contributed by atoms with Crippen molar-refractivity contribution in [2.24, 2.45) is 0 Å². The molecule has 1 heterocycles. The Morgan fingerprint density at radius 2 is 1.95 bits per heavy atom. The fraction of sp³-hybridized carbons (Fsp3) is 0.529. The lowest BCUT2D eigenvalue weighted by atomic mass is 9.99.